The number of halogens is 1. The number of aromatic carboxylic acids is 1. The molecule has 82 valence electrons. The molecule has 0 bridgehead atoms. The summed E-state index contributed by atoms with van der Waals surface area (Å²) in [5.74, 6) is -0.946. The van der Waals surface area contributed by atoms with E-state index in [4.69, 9.17) is 5.11 Å². The molecule has 2 aromatic rings. The summed E-state index contributed by atoms with van der Waals surface area (Å²) in [6, 6.07) is 7.63. The Morgan fingerprint density at radius 2 is 2.00 bits per heavy atom. The monoisotopic (exact) mass is 297 g/mol. The van der Waals surface area contributed by atoms with Gasteiger partial charge in [-0.3, -0.25) is 0 Å². The van der Waals surface area contributed by atoms with Crippen LogP contribution in [0.4, 0.5) is 0 Å². The Bertz CT molecular complexity index is 533. The van der Waals surface area contributed by atoms with Crippen molar-refractivity contribution in [2.75, 3.05) is 0 Å². The number of aromatic nitrogens is 1. The van der Waals surface area contributed by atoms with Crippen LogP contribution >= 0.6 is 27.3 Å². The zero-order valence-corrected chi connectivity index (χ0v) is 10.8. The molecule has 0 aliphatic carbocycles. The zero-order chi connectivity index (χ0) is 11.7. The molecule has 0 amide bonds. The number of thiazole rings is 1. The highest BCUT2D eigenvalue weighted by Gasteiger charge is 2.17. The lowest BCUT2D eigenvalue weighted by molar-refractivity contribution is 0.0702. The van der Waals surface area contributed by atoms with E-state index in [1.165, 1.54) is 0 Å². The third-order valence-electron chi connectivity index (χ3n) is 2.12. The van der Waals surface area contributed by atoms with Crippen molar-refractivity contribution in [1.82, 2.24) is 4.98 Å². The van der Waals surface area contributed by atoms with E-state index in [0.717, 1.165) is 22.5 Å². The first-order valence-corrected chi connectivity index (χ1v) is 6.15. The molecule has 2 rings (SSSR count). The molecule has 1 N–H and O–H groups in total. The maximum atomic E-state index is 11.0. The molecule has 0 fully saturated rings. The van der Waals surface area contributed by atoms with Gasteiger partial charge in [-0.05, 0) is 22.9 Å². The SMILES string of the molecule is Cc1ccc(-c2nc(Br)sc2C(=O)O)cc1. The third kappa shape index (κ3) is 2.15. The normalized spacial score (nSPS) is 10.4. The second-order valence-electron chi connectivity index (χ2n) is 3.32. The minimum absolute atomic E-state index is 0.260. The van der Waals surface area contributed by atoms with Crippen LogP contribution in [0.25, 0.3) is 11.3 Å². The maximum Gasteiger partial charge on any atom is 0.348 e. The summed E-state index contributed by atoms with van der Waals surface area (Å²) in [5, 5.41) is 9.04. The van der Waals surface area contributed by atoms with Crippen LogP contribution in [-0.4, -0.2) is 16.1 Å². The van der Waals surface area contributed by atoms with Gasteiger partial charge in [-0.2, -0.15) is 0 Å². The van der Waals surface area contributed by atoms with Gasteiger partial charge in [-0.1, -0.05) is 41.2 Å². The molecular weight excluding hydrogens is 290 g/mol. The van der Waals surface area contributed by atoms with Gasteiger partial charge in [-0.15, -0.1) is 0 Å². The van der Waals surface area contributed by atoms with Crippen molar-refractivity contribution in [2.45, 2.75) is 6.92 Å². The highest BCUT2D eigenvalue weighted by molar-refractivity contribution is 9.11. The van der Waals surface area contributed by atoms with Crippen LogP contribution in [0.3, 0.4) is 0 Å². The largest absolute Gasteiger partial charge is 0.477 e. The molecule has 0 spiro atoms. The average molecular weight is 298 g/mol. The predicted molar refractivity (Wildman–Crippen MR) is 66.9 cm³/mol. The van der Waals surface area contributed by atoms with Gasteiger partial charge in [0.05, 0.1) is 5.69 Å². The Morgan fingerprint density at radius 1 is 1.38 bits per heavy atom. The Hall–Kier alpha value is -1.20. The van der Waals surface area contributed by atoms with Crippen LogP contribution < -0.4 is 0 Å². The summed E-state index contributed by atoms with van der Waals surface area (Å²) in [5.41, 5.74) is 2.48. The number of carboxylic acid groups (broad SMARTS) is 1. The van der Waals surface area contributed by atoms with E-state index in [-0.39, 0.29) is 4.88 Å². The number of carbonyl (C=O) groups is 1. The number of aryl methyl sites for hydroxylation is 1. The Balaban J connectivity index is 2.55. The molecule has 0 atom stereocenters. The molecule has 5 heteroatoms. The van der Waals surface area contributed by atoms with Gasteiger partial charge in [0.2, 0.25) is 0 Å². The Labute approximate surface area is 105 Å². The zero-order valence-electron chi connectivity index (χ0n) is 8.40. The minimum atomic E-state index is -0.946. The van der Waals surface area contributed by atoms with E-state index >= 15 is 0 Å². The topological polar surface area (TPSA) is 50.2 Å². The van der Waals surface area contributed by atoms with Crippen LogP contribution in [0.2, 0.25) is 0 Å². The third-order valence-corrected chi connectivity index (χ3v) is 3.62. The second kappa shape index (κ2) is 4.35. The van der Waals surface area contributed by atoms with Crippen LogP contribution in [0.1, 0.15) is 15.2 Å². The number of hydrogen-bond donors (Lipinski definition) is 1. The average Bonchev–Trinajstić information content (AvgIpc) is 2.61. The van der Waals surface area contributed by atoms with Gasteiger partial charge in [0.25, 0.3) is 0 Å². The maximum absolute atomic E-state index is 11.0. The minimum Gasteiger partial charge on any atom is -0.477 e. The van der Waals surface area contributed by atoms with Crippen molar-refractivity contribution in [3.63, 3.8) is 0 Å². The van der Waals surface area contributed by atoms with E-state index < -0.39 is 5.97 Å². The number of rotatable bonds is 2. The smallest absolute Gasteiger partial charge is 0.348 e. The van der Waals surface area contributed by atoms with Crippen molar-refractivity contribution >= 4 is 33.2 Å². The van der Waals surface area contributed by atoms with Gasteiger partial charge >= 0.3 is 5.97 Å². The fourth-order valence-electron chi connectivity index (χ4n) is 1.35. The summed E-state index contributed by atoms with van der Waals surface area (Å²) in [7, 11) is 0. The van der Waals surface area contributed by atoms with Gasteiger partial charge in [-0.25, -0.2) is 9.78 Å². The van der Waals surface area contributed by atoms with Gasteiger partial charge in [0, 0.05) is 5.56 Å². The Morgan fingerprint density at radius 3 is 2.56 bits per heavy atom. The predicted octanol–water partition coefficient (Wildman–Crippen LogP) is 3.58. The summed E-state index contributed by atoms with van der Waals surface area (Å²) >= 11 is 4.33. The number of benzene rings is 1. The first-order valence-electron chi connectivity index (χ1n) is 4.54. The quantitative estimate of drug-likeness (QED) is 0.922. The van der Waals surface area contributed by atoms with Crippen LogP contribution in [0.15, 0.2) is 28.2 Å². The molecule has 0 aliphatic rings. The molecular formula is C11H8BrNO2S. The highest BCUT2D eigenvalue weighted by Crippen LogP contribution is 2.31. The van der Waals surface area contributed by atoms with Crippen molar-refractivity contribution in [3.8, 4) is 11.3 Å². The van der Waals surface area contributed by atoms with E-state index in [1.54, 1.807) is 0 Å². The second-order valence-corrected chi connectivity index (χ2v) is 5.59. The molecule has 0 radical (unpaired) electrons. The first-order chi connectivity index (χ1) is 7.58. The van der Waals surface area contributed by atoms with Gasteiger partial charge in [0.1, 0.15) is 4.88 Å². The van der Waals surface area contributed by atoms with Crippen LogP contribution in [-0.2, 0) is 0 Å². The molecule has 3 nitrogen and oxygen atoms in total. The summed E-state index contributed by atoms with van der Waals surface area (Å²) in [4.78, 5) is 15.5. The summed E-state index contributed by atoms with van der Waals surface area (Å²) in [6.07, 6.45) is 0. The molecule has 0 saturated heterocycles. The molecule has 1 heterocycles. The van der Waals surface area contributed by atoms with Gasteiger partial charge in [0.15, 0.2) is 3.92 Å². The summed E-state index contributed by atoms with van der Waals surface area (Å²) < 4.78 is 0.584. The van der Waals surface area contributed by atoms with Crippen molar-refractivity contribution in [1.29, 1.82) is 0 Å². The van der Waals surface area contributed by atoms with Gasteiger partial charge < -0.3 is 5.11 Å². The summed E-state index contributed by atoms with van der Waals surface area (Å²) in [6.45, 7) is 1.98. The van der Waals surface area contributed by atoms with Crippen molar-refractivity contribution < 1.29 is 9.90 Å². The fourth-order valence-corrected chi connectivity index (χ4v) is 2.66. The van der Waals surface area contributed by atoms with E-state index in [0.29, 0.717) is 9.61 Å². The number of carboxylic acids is 1. The molecule has 1 aromatic heterocycles. The van der Waals surface area contributed by atoms with Crippen LogP contribution in [0.5, 0.6) is 0 Å². The van der Waals surface area contributed by atoms with E-state index in [1.807, 2.05) is 31.2 Å². The van der Waals surface area contributed by atoms with E-state index in [2.05, 4.69) is 20.9 Å². The lowest BCUT2D eigenvalue weighted by Crippen LogP contribution is -1.95. The lowest BCUT2D eigenvalue weighted by atomic mass is 10.1. The lowest BCUT2D eigenvalue weighted by Gasteiger charge is -1.99. The van der Waals surface area contributed by atoms with Crippen molar-refractivity contribution in [2.24, 2.45) is 0 Å². The fraction of sp³-hybridized carbons (Fsp3) is 0.0909. The molecule has 0 aliphatic heterocycles. The highest BCUT2D eigenvalue weighted by atomic mass is 79.9. The number of hydrogen-bond acceptors (Lipinski definition) is 3. The van der Waals surface area contributed by atoms with Crippen LogP contribution in [0, 0.1) is 6.92 Å². The van der Waals surface area contributed by atoms with E-state index in [9.17, 15) is 4.79 Å². The first kappa shape index (κ1) is 11.3. The van der Waals surface area contributed by atoms with Crippen molar-refractivity contribution in [3.05, 3.63) is 38.6 Å². The molecule has 1 aromatic carbocycles. The molecule has 0 saturated carbocycles. The number of nitrogens with zero attached hydrogens (tertiary/aromatic N) is 1. The molecule has 0 unspecified atom stereocenters. The Kier molecular flexibility index (Phi) is 3.07. The molecule has 16 heavy (non-hydrogen) atoms. The standard InChI is InChI=1S/C11H8BrNO2S/c1-6-2-4-7(5-3-6)8-9(10(14)15)16-11(12)13-8/h2-5H,1H3,(H,14,15).